The van der Waals surface area contributed by atoms with Gasteiger partial charge in [-0.15, -0.1) is 0 Å². The maximum absolute atomic E-state index is 12.8. The summed E-state index contributed by atoms with van der Waals surface area (Å²) in [5.41, 5.74) is 1.19. The largest absolute Gasteiger partial charge is 0.465 e. The number of carbonyl (C=O) groups is 2. The van der Waals surface area contributed by atoms with Gasteiger partial charge in [-0.05, 0) is 25.5 Å². The molecule has 0 fully saturated rings. The van der Waals surface area contributed by atoms with Crippen LogP contribution in [-0.4, -0.2) is 38.7 Å². The molecule has 3 aromatic rings. The van der Waals surface area contributed by atoms with Gasteiger partial charge in [-0.1, -0.05) is 19.1 Å². The molecule has 2 aromatic heterocycles. The lowest BCUT2D eigenvalue weighted by atomic mass is 10.1. The molecule has 9 nitrogen and oxygen atoms in total. The summed E-state index contributed by atoms with van der Waals surface area (Å²) in [6.07, 6.45) is 0.575. The summed E-state index contributed by atoms with van der Waals surface area (Å²) >= 11 is 0. The van der Waals surface area contributed by atoms with E-state index in [9.17, 15) is 14.4 Å². The number of methoxy groups -OCH3 is 1. The van der Waals surface area contributed by atoms with Crippen molar-refractivity contribution < 1.29 is 14.3 Å². The molecule has 0 aliphatic carbocycles. The number of carbonyl (C=O) groups excluding carboxylic acids is 2. The number of benzene rings is 1. The Bertz CT molecular complexity index is 1100. The number of ether oxygens (including phenoxy) is 1. The molecule has 0 radical (unpaired) electrons. The highest BCUT2D eigenvalue weighted by atomic mass is 16.5. The van der Waals surface area contributed by atoms with Crippen LogP contribution in [0.15, 0.2) is 41.2 Å². The van der Waals surface area contributed by atoms with Crippen molar-refractivity contribution in [3.63, 3.8) is 0 Å². The summed E-state index contributed by atoms with van der Waals surface area (Å²) in [6, 6.07) is 9.36. The second-order valence-corrected chi connectivity index (χ2v) is 5.99. The quantitative estimate of drug-likeness (QED) is 0.651. The Morgan fingerprint density at radius 3 is 2.61 bits per heavy atom. The Balaban J connectivity index is 2.00. The van der Waals surface area contributed by atoms with E-state index in [0.29, 0.717) is 23.6 Å². The van der Waals surface area contributed by atoms with Crippen LogP contribution in [0.2, 0.25) is 0 Å². The minimum Gasteiger partial charge on any atom is -0.465 e. The summed E-state index contributed by atoms with van der Waals surface area (Å²) < 4.78 is 6.07. The zero-order valence-electron chi connectivity index (χ0n) is 15.6. The number of aromatic nitrogens is 4. The van der Waals surface area contributed by atoms with Crippen LogP contribution in [0.25, 0.3) is 5.95 Å². The van der Waals surface area contributed by atoms with Gasteiger partial charge in [-0.3, -0.25) is 14.6 Å². The van der Waals surface area contributed by atoms with E-state index < -0.39 is 11.9 Å². The molecule has 0 saturated carbocycles. The zero-order chi connectivity index (χ0) is 20.3. The first-order chi connectivity index (χ1) is 13.4. The van der Waals surface area contributed by atoms with Gasteiger partial charge in [0.1, 0.15) is 5.82 Å². The average molecular weight is 381 g/mol. The molecule has 0 spiro atoms. The van der Waals surface area contributed by atoms with Crippen LogP contribution in [0, 0.1) is 6.92 Å². The fourth-order valence-corrected chi connectivity index (χ4v) is 2.68. The minimum absolute atomic E-state index is 0.143. The lowest BCUT2D eigenvalue weighted by molar-refractivity contribution is 0.0597. The molecule has 2 heterocycles. The molecule has 0 atom stereocenters. The fourth-order valence-electron chi connectivity index (χ4n) is 2.68. The van der Waals surface area contributed by atoms with Crippen molar-refractivity contribution in [2.24, 2.45) is 0 Å². The predicted molar refractivity (Wildman–Crippen MR) is 102 cm³/mol. The Morgan fingerprint density at radius 1 is 1.21 bits per heavy atom. The first-order valence-electron chi connectivity index (χ1n) is 8.59. The molecule has 0 bridgehead atoms. The molecule has 0 aliphatic rings. The van der Waals surface area contributed by atoms with E-state index in [1.165, 1.54) is 30.0 Å². The Labute approximate surface area is 160 Å². The Kier molecular flexibility index (Phi) is 5.35. The molecule has 28 heavy (non-hydrogen) atoms. The van der Waals surface area contributed by atoms with E-state index in [4.69, 9.17) is 4.74 Å². The Morgan fingerprint density at radius 2 is 1.93 bits per heavy atom. The molecule has 0 saturated heterocycles. The number of aryl methyl sites for hydroxylation is 2. The standard InChI is InChI=1S/C19H19N5O4/c1-4-12-10-16(25)22-19(20-12)24-15(9-11(2)23-24)21-17(26)13-7-5-6-8-14(13)18(27)28-3/h5-10H,4H2,1-3H3,(H,21,26)(H,20,22,25). The second kappa shape index (κ2) is 7.87. The molecule has 0 aliphatic heterocycles. The summed E-state index contributed by atoms with van der Waals surface area (Å²) in [7, 11) is 1.25. The molecule has 144 valence electrons. The van der Waals surface area contributed by atoms with Crippen molar-refractivity contribution >= 4 is 17.7 Å². The van der Waals surface area contributed by atoms with Crippen molar-refractivity contribution in [2.45, 2.75) is 20.3 Å². The van der Waals surface area contributed by atoms with Gasteiger partial charge in [0.25, 0.3) is 11.5 Å². The molecule has 1 aromatic carbocycles. The normalized spacial score (nSPS) is 10.5. The van der Waals surface area contributed by atoms with Gasteiger partial charge in [-0.25, -0.2) is 9.78 Å². The van der Waals surface area contributed by atoms with Crippen LogP contribution in [0.1, 0.15) is 39.0 Å². The number of nitrogens with zero attached hydrogens (tertiary/aromatic N) is 3. The van der Waals surface area contributed by atoms with Crippen LogP contribution in [0.3, 0.4) is 0 Å². The molecule has 2 N–H and O–H groups in total. The number of esters is 1. The van der Waals surface area contributed by atoms with Crippen LogP contribution in [0.5, 0.6) is 0 Å². The third kappa shape index (κ3) is 3.83. The number of hydrogen-bond donors (Lipinski definition) is 2. The highest BCUT2D eigenvalue weighted by molar-refractivity contribution is 6.10. The third-order valence-corrected chi connectivity index (χ3v) is 4.00. The molecular formula is C19H19N5O4. The van der Waals surface area contributed by atoms with Crippen molar-refractivity contribution in [1.82, 2.24) is 19.7 Å². The molecule has 1 amide bonds. The van der Waals surface area contributed by atoms with Crippen molar-refractivity contribution in [2.75, 3.05) is 12.4 Å². The van der Waals surface area contributed by atoms with E-state index in [1.807, 2.05) is 6.92 Å². The van der Waals surface area contributed by atoms with Crippen molar-refractivity contribution in [3.8, 4) is 5.95 Å². The first-order valence-corrected chi connectivity index (χ1v) is 8.59. The monoisotopic (exact) mass is 381 g/mol. The fraction of sp³-hybridized carbons (Fsp3) is 0.211. The topological polar surface area (TPSA) is 119 Å². The van der Waals surface area contributed by atoms with Crippen molar-refractivity contribution in [1.29, 1.82) is 0 Å². The van der Waals surface area contributed by atoms with Gasteiger partial charge in [-0.2, -0.15) is 9.78 Å². The minimum atomic E-state index is -0.614. The number of amides is 1. The summed E-state index contributed by atoms with van der Waals surface area (Å²) in [6.45, 7) is 3.63. The van der Waals surface area contributed by atoms with Crippen LogP contribution in [-0.2, 0) is 11.2 Å². The highest BCUT2D eigenvalue weighted by Gasteiger charge is 2.19. The van der Waals surface area contributed by atoms with E-state index in [0.717, 1.165) is 0 Å². The predicted octanol–water partition coefficient (Wildman–Crippen LogP) is 1.87. The lowest BCUT2D eigenvalue weighted by Crippen LogP contribution is -2.21. The number of hydrogen-bond acceptors (Lipinski definition) is 6. The second-order valence-electron chi connectivity index (χ2n) is 5.99. The summed E-state index contributed by atoms with van der Waals surface area (Å²) in [5, 5.41) is 7.01. The zero-order valence-corrected chi connectivity index (χ0v) is 15.6. The average Bonchev–Trinajstić information content (AvgIpc) is 3.06. The SMILES string of the molecule is CCc1cc(=O)[nH]c(-n2nc(C)cc2NC(=O)c2ccccc2C(=O)OC)n1. The van der Waals surface area contributed by atoms with Gasteiger partial charge < -0.3 is 10.1 Å². The smallest absolute Gasteiger partial charge is 0.338 e. The van der Waals surface area contributed by atoms with E-state index in [-0.39, 0.29) is 22.6 Å². The van der Waals surface area contributed by atoms with E-state index in [2.05, 4.69) is 20.4 Å². The van der Waals surface area contributed by atoms with Crippen LogP contribution >= 0.6 is 0 Å². The third-order valence-electron chi connectivity index (χ3n) is 4.00. The van der Waals surface area contributed by atoms with E-state index in [1.54, 1.807) is 25.1 Å². The first kappa shape index (κ1) is 19.0. The molecule has 3 rings (SSSR count). The number of anilines is 1. The number of rotatable bonds is 5. The molecular weight excluding hydrogens is 362 g/mol. The lowest BCUT2D eigenvalue weighted by Gasteiger charge is -2.10. The van der Waals surface area contributed by atoms with E-state index >= 15 is 0 Å². The van der Waals surface area contributed by atoms with Gasteiger partial charge in [0.2, 0.25) is 5.95 Å². The number of nitrogens with one attached hydrogen (secondary N) is 2. The van der Waals surface area contributed by atoms with Crippen LogP contribution < -0.4 is 10.9 Å². The Hall–Kier alpha value is -3.75. The van der Waals surface area contributed by atoms with Crippen molar-refractivity contribution in [3.05, 3.63) is 69.3 Å². The number of aromatic amines is 1. The van der Waals surface area contributed by atoms with Gasteiger partial charge in [0.15, 0.2) is 0 Å². The van der Waals surface area contributed by atoms with Crippen LogP contribution in [0.4, 0.5) is 5.82 Å². The van der Waals surface area contributed by atoms with Gasteiger partial charge in [0, 0.05) is 17.8 Å². The van der Waals surface area contributed by atoms with Gasteiger partial charge >= 0.3 is 5.97 Å². The maximum Gasteiger partial charge on any atom is 0.338 e. The highest BCUT2D eigenvalue weighted by Crippen LogP contribution is 2.17. The molecule has 9 heteroatoms. The van der Waals surface area contributed by atoms with Gasteiger partial charge in [0.05, 0.1) is 23.9 Å². The number of H-pyrrole nitrogens is 1. The summed E-state index contributed by atoms with van der Waals surface area (Å²) in [4.78, 5) is 43.6. The molecule has 0 unspecified atom stereocenters. The summed E-state index contributed by atoms with van der Waals surface area (Å²) in [5.74, 6) is -0.638. The maximum atomic E-state index is 12.8.